The van der Waals surface area contributed by atoms with Gasteiger partial charge in [0, 0.05) is 5.56 Å². The predicted molar refractivity (Wildman–Crippen MR) is 43.0 cm³/mol. The van der Waals surface area contributed by atoms with E-state index in [-0.39, 0.29) is 0 Å². The third-order valence-corrected chi connectivity index (χ3v) is 1.75. The van der Waals surface area contributed by atoms with Crippen molar-refractivity contribution in [1.82, 2.24) is 15.0 Å². The van der Waals surface area contributed by atoms with Crippen LogP contribution in [0.25, 0.3) is 11.2 Å². The Kier molecular flexibility index (Phi) is 1.09. The quantitative estimate of drug-likeness (QED) is 0.582. The van der Waals surface area contributed by atoms with E-state index >= 15 is 0 Å². The largest absolute Gasteiger partial charge is 0.397 e. The SMILES string of the molecule is Cc1c(N)cnc2nc[nH]c12. The second-order valence-corrected chi connectivity index (χ2v) is 2.44. The Bertz CT molecular complexity index is 390. The summed E-state index contributed by atoms with van der Waals surface area (Å²) in [6.45, 7) is 1.94. The fraction of sp³-hybridized carbons (Fsp3) is 0.143. The molecule has 56 valence electrons. The van der Waals surface area contributed by atoms with Crippen molar-refractivity contribution < 1.29 is 0 Å². The van der Waals surface area contributed by atoms with Crippen molar-refractivity contribution in [1.29, 1.82) is 0 Å². The molecule has 4 heteroatoms. The molecule has 0 fully saturated rings. The van der Waals surface area contributed by atoms with Crippen LogP contribution >= 0.6 is 0 Å². The number of hydrogen-bond donors (Lipinski definition) is 2. The fourth-order valence-electron chi connectivity index (χ4n) is 1.03. The Balaban J connectivity index is 2.93. The number of nitrogens with one attached hydrogen (secondary N) is 1. The summed E-state index contributed by atoms with van der Waals surface area (Å²) in [4.78, 5) is 11.0. The van der Waals surface area contributed by atoms with E-state index in [9.17, 15) is 0 Å². The Morgan fingerprint density at radius 2 is 2.27 bits per heavy atom. The van der Waals surface area contributed by atoms with Gasteiger partial charge in [-0.05, 0) is 6.92 Å². The molecule has 0 bridgehead atoms. The van der Waals surface area contributed by atoms with Crippen LogP contribution in [0.3, 0.4) is 0 Å². The highest BCUT2D eigenvalue weighted by Gasteiger charge is 2.02. The monoisotopic (exact) mass is 148 g/mol. The summed E-state index contributed by atoms with van der Waals surface area (Å²) in [5.74, 6) is 0. The molecule has 0 aromatic carbocycles. The van der Waals surface area contributed by atoms with Crippen molar-refractivity contribution in [2.75, 3.05) is 5.73 Å². The van der Waals surface area contributed by atoms with Crippen LogP contribution in [0, 0.1) is 6.92 Å². The first kappa shape index (κ1) is 6.15. The van der Waals surface area contributed by atoms with Gasteiger partial charge in [-0.25, -0.2) is 9.97 Å². The Morgan fingerprint density at radius 3 is 3.09 bits per heavy atom. The molecule has 0 aliphatic carbocycles. The lowest BCUT2D eigenvalue weighted by Crippen LogP contribution is -1.91. The van der Waals surface area contributed by atoms with Crippen LogP contribution in [0.1, 0.15) is 5.56 Å². The topological polar surface area (TPSA) is 67.6 Å². The third-order valence-electron chi connectivity index (χ3n) is 1.75. The molecule has 0 aliphatic heterocycles. The van der Waals surface area contributed by atoms with Gasteiger partial charge < -0.3 is 10.7 Å². The number of rotatable bonds is 0. The van der Waals surface area contributed by atoms with Gasteiger partial charge in [0.2, 0.25) is 0 Å². The van der Waals surface area contributed by atoms with Crippen LogP contribution in [0.4, 0.5) is 5.69 Å². The second-order valence-electron chi connectivity index (χ2n) is 2.44. The van der Waals surface area contributed by atoms with Gasteiger partial charge in [0.25, 0.3) is 0 Å². The van der Waals surface area contributed by atoms with E-state index < -0.39 is 0 Å². The minimum atomic E-state index is 0.696. The number of fused-ring (bicyclic) bond motifs is 1. The van der Waals surface area contributed by atoms with Crippen molar-refractivity contribution in [2.24, 2.45) is 0 Å². The van der Waals surface area contributed by atoms with Crippen molar-refractivity contribution in [2.45, 2.75) is 6.92 Å². The lowest BCUT2D eigenvalue weighted by molar-refractivity contribution is 1.30. The molecule has 0 spiro atoms. The third kappa shape index (κ3) is 0.756. The molecule has 0 amide bonds. The highest BCUT2D eigenvalue weighted by atomic mass is 15.0. The van der Waals surface area contributed by atoms with Gasteiger partial charge in [-0.15, -0.1) is 0 Å². The molecule has 2 rings (SSSR count). The van der Waals surface area contributed by atoms with Crippen LogP contribution in [-0.4, -0.2) is 15.0 Å². The average molecular weight is 148 g/mol. The lowest BCUT2D eigenvalue weighted by Gasteiger charge is -1.97. The standard InChI is InChI=1S/C7H8N4/c1-4-5(8)2-9-7-6(4)10-3-11-7/h2-3H,8H2,1H3,(H,9,10,11). The zero-order valence-corrected chi connectivity index (χ0v) is 6.13. The fourth-order valence-corrected chi connectivity index (χ4v) is 1.03. The van der Waals surface area contributed by atoms with E-state index in [1.165, 1.54) is 0 Å². The first-order valence-corrected chi connectivity index (χ1v) is 3.33. The zero-order chi connectivity index (χ0) is 7.84. The van der Waals surface area contributed by atoms with Crippen LogP contribution < -0.4 is 5.73 Å². The molecule has 4 nitrogen and oxygen atoms in total. The lowest BCUT2D eigenvalue weighted by atomic mass is 10.2. The molecule has 11 heavy (non-hydrogen) atoms. The molecular weight excluding hydrogens is 140 g/mol. The van der Waals surface area contributed by atoms with E-state index in [1.807, 2.05) is 6.92 Å². The minimum Gasteiger partial charge on any atom is -0.397 e. The number of aromatic nitrogens is 3. The molecule has 2 heterocycles. The summed E-state index contributed by atoms with van der Waals surface area (Å²) < 4.78 is 0. The smallest absolute Gasteiger partial charge is 0.177 e. The number of nitrogens with two attached hydrogens (primary N) is 1. The Morgan fingerprint density at radius 1 is 1.45 bits per heavy atom. The van der Waals surface area contributed by atoms with E-state index in [0.29, 0.717) is 5.69 Å². The number of anilines is 1. The number of aromatic amines is 1. The van der Waals surface area contributed by atoms with Crippen molar-refractivity contribution in [3.63, 3.8) is 0 Å². The number of pyridine rings is 1. The van der Waals surface area contributed by atoms with Gasteiger partial charge in [0.1, 0.15) is 0 Å². The molecular formula is C7H8N4. The van der Waals surface area contributed by atoms with Crippen LogP contribution in [-0.2, 0) is 0 Å². The predicted octanol–water partition coefficient (Wildman–Crippen LogP) is 0.849. The molecule has 2 aromatic heterocycles. The van der Waals surface area contributed by atoms with Gasteiger partial charge >= 0.3 is 0 Å². The van der Waals surface area contributed by atoms with E-state index in [1.54, 1.807) is 12.5 Å². The minimum absolute atomic E-state index is 0.696. The summed E-state index contributed by atoms with van der Waals surface area (Å²) >= 11 is 0. The zero-order valence-electron chi connectivity index (χ0n) is 6.13. The molecule has 2 aromatic rings. The molecule has 0 saturated heterocycles. The van der Waals surface area contributed by atoms with E-state index in [2.05, 4.69) is 15.0 Å². The van der Waals surface area contributed by atoms with E-state index in [4.69, 9.17) is 5.73 Å². The number of H-pyrrole nitrogens is 1. The molecule has 3 N–H and O–H groups in total. The Labute approximate surface area is 63.5 Å². The van der Waals surface area contributed by atoms with Gasteiger partial charge in [0.15, 0.2) is 5.65 Å². The number of hydrogen-bond acceptors (Lipinski definition) is 3. The molecule has 0 aliphatic rings. The summed E-state index contributed by atoms with van der Waals surface area (Å²) in [5, 5.41) is 0. The number of nitrogens with zero attached hydrogens (tertiary/aromatic N) is 2. The summed E-state index contributed by atoms with van der Waals surface area (Å²) in [7, 11) is 0. The van der Waals surface area contributed by atoms with Crippen LogP contribution in [0.5, 0.6) is 0 Å². The van der Waals surface area contributed by atoms with Gasteiger partial charge in [0.05, 0.1) is 23.7 Å². The second kappa shape index (κ2) is 1.95. The van der Waals surface area contributed by atoms with Gasteiger partial charge in [-0.3, -0.25) is 0 Å². The maximum atomic E-state index is 5.63. The van der Waals surface area contributed by atoms with Gasteiger partial charge in [-0.1, -0.05) is 0 Å². The maximum absolute atomic E-state index is 5.63. The number of nitrogen functional groups attached to an aromatic ring is 1. The van der Waals surface area contributed by atoms with Crippen LogP contribution in [0.15, 0.2) is 12.5 Å². The molecule has 0 saturated carbocycles. The van der Waals surface area contributed by atoms with Crippen molar-refractivity contribution >= 4 is 16.9 Å². The normalized spacial score (nSPS) is 10.6. The number of imidazole rings is 1. The van der Waals surface area contributed by atoms with Crippen LogP contribution in [0.2, 0.25) is 0 Å². The van der Waals surface area contributed by atoms with Crippen molar-refractivity contribution in [3.05, 3.63) is 18.1 Å². The highest BCUT2D eigenvalue weighted by molar-refractivity contribution is 5.78. The van der Waals surface area contributed by atoms with Crippen molar-refractivity contribution in [3.8, 4) is 0 Å². The molecule has 0 unspecified atom stereocenters. The first-order valence-electron chi connectivity index (χ1n) is 3.33. The van der Waals surface area contributed by atoms with E-state index in [0.717, 1.165) is 16.7 Å². The molecule has 0 atom stereocenters. The summed E-state index contributed by atoms with van der Waals surface area (Å²) in [6.07, 6.45) is 3.24. The Hall–Kier alpha value is -1.58. The maximum Gasteiger partial charge on any atom is 0.177 e. The average Bonchev–Trinajstić information content (AvgIpc) is 2.45. The van der Waals surface area contributed by atoms with Gasteiger partial charge in [-0.2, -0.15) is 0 Å². The molecule has 0 radical (unpaired) electrons. The number of aryl methyl sites for hydroxylation is 1. The first-order chi connectivity index (χ1) is 5.29. The summed E-state index contributed by atoms with van der Waals surface area (Å²) in [5.41, 5.74) is 8.98. The summed E-state index contributed by atoms with van der Waals surface area (Å²) in [6, 6.07) is 0. The highest BCUT2D eigenvalue weighted by Crippen LogP contribution is 2.16.